The molecule has 0 saturated heterocycles. The van der Waals surface area contributed by atoms with Crippen molar-refractivity contribution in [3.05, 3.63) is 47.3 Å². The standard InChI is InChI=1S/C15H17BrN2O2/c1-15(2,3)13(19)14(18-8-4-5-9-18)20-12-10-11(16)6-7-17-12/h4-10,14H,1-3H3. The fourth-order valence-electron chi connectivity index (χ4n) is 1.69. The average molecular weight is 337 g/mol. The zero-order valence-corrected chi connectivity index (χ0v) is 13.3. The van der Waals surface area contributed by atoms with E-state index in [0.717, 1.165) is 4.47 Å². The highest BCUT2D eigenvalue weighted by Gasteiger charge is 2.32. The van der Waals surface area contributed by atoms with E-state index < -0.39 is 11.6 Å². The fraction of sp³-hybridized carbons (Fsp3) is 0.333. The molecular weight excluding hydrogens is 320 g/mol. The van der Waals surface area contributed by atoms with Crippen LogP contribution in [0, 0.1) is 5.41 Å². The number of ether oxygens (including phenoxy) is 1. The maximum atomic E-state index is 12.6. The van der Waals surface area contributed by atoms with Crippen LogP contribution in [0.1, 0.15) is 27.0 Å². The van der Waals surface area contributed by atoms with Crippen molar-refractivity contribution in [3.63, 3.8) is 0 Å². The highest BCUT2D eigenvalue weighted by Crippen LogP contribution is 2.26. The van der Waals surface area contributed by atoms with Crippen molar-refractivity contribution in [1.29, 1.82) is 0 Å². The molecule has 106 valence electrons. The first-order chi connectivity index (χ1) is 9.38. The second-order valence-corrected chi connectivity index (χ2v) is 6.44. The Hall–Kier alpha value is -1.62. The van der Waals surface area contributed by atoms with Crippen LogP contribution in [0.25, 0.3) is 0 Å². The van der Waals surface area contributed by atoms with Crippen molar-refractivity contribution in [2.24, 2.45) is 5.41 Å². The van der Waals surface area contributed by atoms with Crippen LogP contribution < -0.4 is 4.74 Å². The molecule has 1 atom stereocenters. The summed E-state index contributed by atoms with van der Waals surface area (Å²) in [7, 11) is 0. The van der Waals surface area contributed by atoms with Crippen molar-refractivity contribution in [3.8, 4) is 5.88 Å². The number of hydrogen-bond donors (Lipinski definition) is 0. The van der Waals surface area contributed by atoms with Crippen LogP contribution in [0.4, 0.5) is 0 Å². The average Bonchev–Trinajstić information content (AvgIpc) is 2.87. The molecule has 0 spiro atoms. The van der Waals surface area contributed by atoms with Gasteiger partial charge < -0.3 is 9.30 Å². The lowest BCUT2D eigenvalue weighted by Gasteiger charge is -2.25. The summed E-state index contributed by atoms with van der Waals surface area (Å²) in [6.07, 6.45) is 4.54. The molecular formula is C15H17BrN2O2. The van der Waals surface area contributed by atoms with E-state index in [1.807, 2.05) is 51.4 Å². The van der Waals surface area contributed by atoms with Crippen LogP contribution >= 0.6 is 15.9 Å². The van der Waals surface area contributed by atoms with Gasteiger partial charge in [-0.1, -0.05) is 36.7 Å². The summed E-state index contributed by atoms with van der Waals surface area (Å²) in [5, 5.41) is 0. The molecule has 0 N–H and O–H groups in total. The van der Waals surface area contributed by atoms with Crippen molar-refractivity contribution in [2.75, 3.05) is 0 Å². The third-order valence-electron chi connectivity index (χ3n) is 2.79. The van der Waals surface area contributed by atoms with Gasteiger partial charge in [0.05, 0.1) is 0 Å². The molecule has 0 aliphatic carbocycles. The number of nitrogens with zero attached hydrogens (tertiary/aromatic N) is 2. The number of hydrogen-bond acceptors (Lipinski definition) is 3. The van der Waals surface area contributed by atoms with Crippen LogP contribution in [0.3, 0.4) is 0 Å². The molecule has 20 heavy (non-hydrogen) atoms. The van der Waals surface area contributed by atoms with E-state index in [1.54, 1.807) is 16.8 Å². The molecule has 4 nitrogen and oxygen atoms in total. The number of rotatable bonds is 4. The second-order valence-electron chi connectivity index (χ2n) is 5.53. The minimum absolute atomic E-state index is 0.00419. The van der Waals surface area contributed by atoms with E-state index in [2.05, 4.69) is 20.9 Å². The van der Waals surface area contributed by atoms with E-state index in [4.69, 9.17) is 4.74 Å². The molecule has 5 heteroatoms. The first kappa shape index (κ1) is 14.8. The van der Waals surface area contributed by atoms with Gasteiger partial charge in [-0.3, -0.25) is 4.79 Å². The van der Waals surface area contributed by atoms with E-state index in [-0.39, 0.29) is 5.78 Å². The topological polar surface area (TPSA) is 44.1 Å². The molecule has 2 aromatic heterocycles. The number of halogens is 1. The van der Waals surface area contributed by atoms with Gasteiger partial charge >= 0.3 is 0 Å². The molecule has 2 rings (SSSR count). The molecule has 2 aromatic rings. The number of Topliss-reactive ketones (excluding diaryl/α,β-unsaturated/α-hetero) is 1. The molecule has 0 fully saturated rings. The summed E-state index contributed by atoms with van der Waals surface area (Å²) in [6, 6.07) is 7.27. The van der Waals surface area contributed by atoms with Crippen molar-refractivity contribution < 1.29 is 9.53 Å². The maximum Gasteiger partial charge on any atom is 0.237 e. The predicted molar refractivity (Wildman–Crippen MR) is 80.5 cm³/mol. The number of pyridine rings is 1. The Morgan fingerprint density at radius 3 is 2.55 bits per heavy atom. The van der Waals surface area contributed by atoms with Crippen LogP contribution in [-0.4, -0.2) is 15.3 Å². The van der Waals surface area contributed by atoms with Crippen molar-refractivity contribution in [2.45, 2.75) is 27.0 Å². The predicted octanol–water partition coefficient (Wildman–Crippen LogP) is 3.84. The van der Waals surface area contributed by atoms with Crippen LogP contribution in [-0.2, 0) is 4.79 Å². The summed E-state index contributed by atoms with van der Waals surface area (Å²) in [6.45, 7) is 5.64. The molecule has 0 aromatic carbocycles. The van der Waals surface area contributed by atoms with Gasteiger partial charge in [-0.05, 0) is 18.2 Å². The van der Waals surface area contributed by atoms with Gasteiger partial charge in [0.1, 0.15) is 0 Å². The lowest BCUT2D eigenvalue weighted by molar-refractivity contribution is -0.137. The van der Waals surface area contributed by atoms with Gasteiger partial charge in [0.25, 0.3) is 0 Å². The van der Waals surface area contributed by atoms with E-state index in [9.17, 15) is 4.79 Å². The highest BCUT2D eigenvalue weighted by molar-refractivity contribution is 9.10. The smallest absolute Gasteiger partial charge is 0.237 e. The van der Waals surface area contributed by atoms with Crippen LogP contribution in [0.5, 0.6) is 5.88 Å². The van der Waals surface area contributed by atoms with Gasteiger partial charge in [0, 0.05) is 34.5 Å². The summed E-state index contributed by atoms with van der Waals surface area (Å²) in [5.41, 5.74) is -0.499. The van der Waals surface area contributed by atoms with Crippen molar-refractivity contribution >= 4 is 21.7 Å². The number of carbonyl (C=O) groups excluding carboxylic acids is 1. The highest BCUT2D eigenvalue weighted by atomic mass is 79.9. The van der Waals surface area contributed by atoms with Crippen LogP contribution in [0.15, 0.2) is 47.3 Å². The number of ketones is 1. The van der Waals surface area contributed by atoms with Gasteiger partial charge in [-0.25, -0.2) is 4.98 Å². The molecule has 0 radical (unpaired) electrons. The summed E-state index contributed by atoms with van der Waals surface area (Å²) in [4.78, 5) is 16.7. The van der Waals surface area contributed by atoms with E-state index in [0.29, 0.717) is 5.88 Å². The molecule has 1 unspecified atom stereocenters. The number of aromatic nitrogens is 2. The van der Waals surface area contributed by atoms with Crippen molar-refractivity contribution in [1.82, 2.24) is 9.55 Å². The normalized spacial score (nSPS) is 13.0. The van der Waals surface area contributed by atoms with Gasteiger partial charge in [0.2, 0.25) is 12.1 Å². The third kappa shape index (κ3) is 3.48. The van der Waals surface area contributed by atoms with Gasteiger partial charge in [-0.2, -0.15) is 0 Å². The Balaban J connectivity index is 2.31. The van der Waals surface area contributed by atoms with Crippen LogP contribution in [0.2, 0.25) is 0 Å². The molecule has 0 saturated carbocycles. The fourth-order valence-corrected chi connectivity index (χ4v) is 2.00. The quantitative estimate of drug-likeness (QED) is 0.851. The Morgan fingerprint density at radius 1 is 1.35 bits per heavy atom. The van der Waals surface area contributed by atoms with Gasteiger partial charge in [-0.15, -0.1) is 0 Å². The minimum Gasteiger partial charge on any atom is -0.446 e. The monoisotopic (exact) mass is 336 g/mol. The minimum atomic E-state index is -0.716. The Morgan fingerprint density at radius 2 is 2.00 bits per heavy atom. The maximum absolute atomic E-state index is 12.6. The molecule has 0 aliphatic rings. The molecule has 0 bridgehead atoms. The Bertz CT molecular complexity index is 588. The Labute approximate surface area is 126 Å². The number of carbonyl (C=O) groups is 1. The molecule has 2 heterocycles. The molecule has 0 amide bonds. The zero-order chi connectivity index (χ0) is 14.8. The third-order valence-corrected chi connectivity index (χ3v) is 3.28. The molecule has 0 aliphatic heterocycles. The summed E-state index contributed by atoms with van der Waals surface area (Å²) >= 11 is 3.37. The van der Waals surface area contributed by atoms with E-state index in [1.165, 1.54) is 0 Å². The Kier molecular flexibility index (Phi) is 4.28. The largest absolute Gasteiger partial charge is 0.446 e. The lowest BCUT2D eigenvalue weighted by atomic mass is 9.89. The lowest BCUT2D eigenvalue weighted by Crippen LogP contribution is -2.33. The second kappa shape index (κ2) is 5.79. The zero-order valence-electron chi connectivity index (χ0n) is 11.7. The summed E-state index contributed by atoms with van der Waals surface area (Å²) < 4.78 is 8.40. The SMILES string of the molecule is CC(C)(C)C(=O)C(Oc1cc(Br)ccn1)n1cccc1. The van der Waals surface area contributed by atoms with E-state index >= 15 is 0 Å². The van der Waals surface area contributed by atoms with Gasteiger partial charge in [0.15, 0.2) is 5.78 Å². The first-order valence-electron chi connectivity index (χ1n) is 6.33. The first-order valence-corrected chi connectivity index (χ1v) is 7.12. The summed E-state index contributed by atoms with van der Waals surface area (Å²) in [5.74, 6) is 0.408.